The third-order valence-electron chi connectivity index (χ3n) is 4.72. The lowest BCUT2D eigenvalue weighted by molar-refractivity contribution is -0.135. The molecule has 26 heavy (non-hydrogen) atoms. The van der Waals surface area contributed by atoms with Crippen LogP contribution in [0.15, 0.2) is 54.6 Å². The summed E-state index contributed by atoms with van der Waals surface area (Å²) in [6.07, 6.45) is 0.953. The molecule has 1 amide bonds. The summed E-state index contributed by atoms with van der Waals surface area (Å²) in [5, 5.41) is 0. The van der Waals surface area contributed by atoms with E-state index in [1.54, 1.807) is 7.11 Å². The zero-order chi connectivity index (χ0) is 18.2. The zero-order valence-corrected chi connectivity index (χ0v) is 15.3. The van der Waals surface area contributed by atoms with E-state index in [1.807, 2.05) is 53.4 Å². The molecule has 0 atom stereocenters. The normalized spacial score (nSPS) is 14.9. The maximum absolute atomic E-state index is 12.3. The molecule has 0 aromatic heterocycles. The Hall–Kier alpha value is -2.53. The summed E-state index contributed by atoms with van der Waals surface area (Å²) in [5.74, 6) is 1.73. The van der Waals surface area contributed by atoms with Gasteiger partial charge < -0.3 is 14.4 Å². The standard InChI is InChI=1S/C21H26N2O3/c1-25-20-10-6-5-7-18(20)11-12-22-13-15-23(16-14-22)21(24)17-26-19-8-3-2-4-9-19/h2-10H,11-17H2,1H3. The molecule has 1 fully saturated rings. The average molecular weight is 354 g/mol. The van der Waals surface area contributed by atoms with Gasteiger partial charge in [0.25, 0.3) is 5.91 Å². The van der Waals surface area contributed by atoms with Crippen molar-refractivity contribution in [2.24, 2.45) is 0 Å². The molecule has 2 aromatic carbocycles. The first-order valence-electron chi connectivity index (χ1n) is 9.06. The first-order valence-corrected chi connectivity index (χ1v) is 9.06. The van der Waals surface area contributed by atoms with E-state index in [0.29, 0.717) is 0 Å². The van der Waals surface area contributed by atoms with Crippen LogP contribution in [0.4, 0.5) is 0 Å². The number of nitrogens with zero attached hydrogens (tertiary/aromatic N) is 2. The number of hydrogen-bond acceptors (Lipinski definition) is 4. The van der Waals surface area contributed by atoms with Gasteiger partial charge in [-0.15, -0.1) is 0 Å². The van der Waals surface area contributed by atoms with Crippen molar-refractivity contribution < 1.29 is 14.3 Å². The monoisotopic (exact) mass is 354 g/mol. The Labute approximate surface area is 155 Å². The molecule has 138 valence electrons. The number of piperazine rings is 1. The van der Waals surface area contributed by atoms with Gasteiger partial charge in [0.15, 0.2) is 6.61 Å². The molecule has 0 N–H and O–H groups in total. The maximum atomic E-state index is 12.3. The van der Waals surface area contributed by atoms with Crippen LogP contribution < -0.4 is 9.47 Å². The molecule has 0 spiro atoms. The molecule has 1 saturated heterocycles. The Morgan fingerprint density at radius 1 is 0.962 bits per heavy atom. The minimum Gasteiger partial charge on any atom is -0.496 e. The summed E-state index contributed by atoms with van der Waals surface area (Å²) in [5.41, 5.74) is 1.23. The molecular formula is C21H26N2O3. The lowest BCUT2D eigenvalue weighted by atomic mass is 10.1. The highest BCUT2D eigenvalue weighted by Gasteiger charge is 2.21. The number of carbonyl (C=O) groups excluding carboxylic acids is 1. The van der Waals surface area contributed by atoms with Gasteiger partial charge in [0.2, 0.25) is 0 Å². The highest BCUT2D eigenvalue weighted by atomic mass is 16.5. The van der Waals surface area contributed by atoms with Crippen molar-refractivity contribution in [3.05, 3.63) is 60.2 Å². The Morgan fingerprint density at radius 2 is 1.65 bits per heavy atom. The highest BCUT2D eigenvalue weighted by molar-refractivity contribution is 5.77. The van der Waals surface area contributed by atoms with Crippen LogP contribution in [0.5, 0.6) is 11.5 Å². The van der Waals surface area contributed by atoms with Crippen molar-refractivity contribution in [1.82, 2.24) is 9.80 Å². The smallest absolute Gasteiger partial charge is 0.260 e. The fourth-order valence-corrected chi connectivity index (χ4v) is 3.16. The Morgan fingerprint density at radius 3 is 2.38 bits per heavy atom. The van der Waals surface area contributed by atoms with Crippen molar-refractivity contribution in [2.45, 2.75) is 6.42 Å². The molecule has 0 aliphatic carbocycles. The minimum absolute atomic E-state index is 0.0539. The number of amides is 1. The number of rotatable bonds is 7. The summed E-state index contributed by atoms with van der Waals surface area (Å²) in [6, 6.07) is 17.6. The van der Waals surface area contributed by atoms with Gasteiger partial charge in [0.05, 0.1) is 7.11 Å². The summed E-state index contributed by atoms with van der Waals surface area (Å²) in [7, 11) is 1.71. The molecule has 5 heteroatoms. The van der Waals surface area contributed by atoms with Crippen LogP contribution in [0.3, 0.4) is 0 Å². The van der Waals surface area contributed by atoms with Gasteiger partial charge in [0.1, 0.15) is 11.5 Å². The fraction of sp³-hybridized carbons (Fsp3) is 0.381. The van der Waals surface area contributed by atoms with E-state index < -0.39 is 0 Å². The van der Waals surface area contributed by atoms with Crippen LogP contribution >= 0.6 is 0 Å². The van der Waals surface area contributed by atoms with E-state index in [4.69, 9.17) is 9.47 Å². The molecule has 1 aliphatic rings. The largest absolute Gasteiger partial charge is 0.496 e. The summed E-state index contributed by atoms with van der Waals surface area (Å²) >= 11 is 0. The average Bonchev–Trinajstić information content (AvgIpc) is 2.72. The van der Waals surface area contributed by atoms with Crippen molar-refractivity contribution in [3.8, 4) is 11.5 Å². The maximum Gasteiger partial charge on any atom is 0.260 e. The fourth-order valence-electron chi connectivity index (χ4n) is 3.16. The van der Waals surface area contributed by atoms with Crippen molar-refractivity contribution in [1.29, 1.82) is 0 Å². The molecule has 0 saturated carbocycles. The van der Waals surface area contributed by atoms with Crippen LogP contribution in [0.25, 0.3) is 0 Å². The Bertz CT molecular complexity index is 697. The molecule has 1 heterocycles. The van der Waals surface area contributed by atoms with E-state index in [-0.39, 0.29) is 12.5 Å². The second-order valence-corrected chi connectivity index (χ2v) is 6.39. The quantitative estimate of drug-likeness (QED) is 0.766. The van der Waals surface area contributed by atoms with E-state index in [0.717, 1.165) is 50.6 Å². The minimum atomic E-state index is 0.0539. The third-order valence-corrected chi connectivity index (χ3v) is 4.72. The van der Waals surface area contributed by atoms with Gasteiger partial charge in [-0.3, -0.25) is 9.69 Å². The SMILES string of the molecule is COc1ccccc1CCN1CCN(C(=O)COc2ccccc2)CC1. The number of hydrogen-bond donors (Lipinski definition) is 0. The van der Waals surface area contributed by atoms with E-state index >= 15 is 0 Å². The van der Waals surface area contributed by atoms with Gasteiger partial charge in [0, 0.05) is 32.7 Å². The van der Waals surface area contributed by atoms with Gasteiger partial charge in [-0.25, -0.2) is 0 Å². The number of methoxy groups -OCH3 is 1. The van der Waals surface area contributed by atoms with Crippen molar-refractivity contribution in [3.63, 3.8) is 0 Å². The van der Waals surface area contributed by atoms with Crippen LogP contribution in [-0.4, -0.2) is 62.1 Å². The summed E-state index contributed by atoms with van der Waals surface area (Å²) in [4.78, 5) is 16.6. The van der Waals surface area contributed by atoms with Gasteiger partial charge in [-0.1, -0.05) is 36.4 Å². The van der Waals surface area contributed by atoms with Crippen LogP contribution in [0.2, 0.25) is 0 Å². The van der Waals surface area contributed by atoms with Crippen LogP contribution in [0.1, 0.15) is 5.56 Å². The molecule has 5 nitrogen and oxygen atoms in total. The third kappa shape index (κ3) is 4.99. The zero-order valence-electron chi connectivity index (χ0n) is 15.3. The second kappa shape index (κ2) is 9.25. The highest BCUT2D eigenvalue weighted by Crippen LogP contribution is 2.18. The molecule has 1 aliphatic heterocycles. The van der Waals surface area contributed by atoms with Crippen LogP contribution in [0, 0.1) is 0 Å². The number of ether oxygens (including phenoxy) is 2. The molecule has 0 radical (unpaired) electrons. The predicted octanol–water partition coefficient (Wildman–Crippen LogP) is 2.46. The second-order valence-electron chi connectivity index (χ2n) is 6.39. The number of para-hydroxylation sites is 2. The Balaban J connectivity index is 1.40. The molecular weight excluding hydrogens is 328 g/mol. The first-order chi connectivity index (χ1) is 12.8. The summed E-state index contributed by atoms with van der Waals surface area (Å²) < 4.78 is 11.0. The van der Waals surface area contributed by atoms with E-state index in [1.165, 1.54) is 5.56 Å². The number of carbonyl (C=O) groups is 1. The number of benzene rings is 2. The van der Waals surface area contributed by atoms with Crippen molar-refractivity contribution in [2.75, 3.05) is 46.4 Å². The summed E-state index contributed by atoms with van der Waals surface area (Å²) in [6.45, 7) is 4.37. The Kier molecular flexibility index (Phi) is 6.50. The molecule has 0 bridgehead atoms. The lowest BCUT2D eigenvalue weighted by Gasteiger charge is -2.34. The first kappa shape index (κ1) is 18.3. The lowest BCUT2D eigenvalue weighted by Crippen LogP contribution is -2.50. The van der Waals surface area contributed by atoms with Gasteiger partial charge in [-0.2, -0.15) is 0 Å². The molecule has 0 unspecified atom stereocenters. The van der Waals surface area contributed by atoms with Crippen molar-refractivity contribution >= 4 is 5.91 Å². The topological polar surface area (TPSA) is 42.0 Å². The molecule has 2 aromatic rings. The molecule has 3 rings (SSSR count). The van der Waals surface area contributed by atoms with Gasteiger partial charge >= 0.3 is 0 Å². The van der Waals surface area contributed by atoms with Gasteiger partial charge in [-0.05, 0) is 30.2 Å². The van der Waals surface area contributed by atoms with E-state index in [2.05, 4.69) is 11.0 Å². The predicted molar refractivity (Wildman–Crippen MR) is 102 cm³/mol. The van der Waals surface area contributed by atoms with E-state index in [9.17, 15) is 4.79 Å². The van der Waals surface area contributed by atoms with Crippen LogP contribution in [-0.2, 0) is 11.2 Å².